The SMILES string of the molecule is Cc1cccc(CCN2CCN=C2N(C)C)c1. The zero-order chi connectivity index (χ0) is 12.3. The third kappa shape index (κ3) is 2.99. The van der Waals surface area contributed by atoms with Crippen LogP contribution in [0, 0.1) is 6.92 Å². The molecule has 1 aromatic carbocycles. The molecule has 1 aliphatic rings. The maximum Gasteiger partial charge on any atom is 0.196 e. The molecule has 0 N–H and O–H groups in total. The van der Waals surface area contributed by atoms with Crippen LogP contribution < -0.4 is 0 Å². The summed E-state index contributed by atoms with van der Waals surface area (Å²) in [5.41, 5.74) is 2.75. The molecule has 0 spiro atoms. The topological polar surface area (TPSA) is 18.8 Å². The van der Waals surface area contributed by atoms with Crippen LogP contribution >= 0.6 is 0 Å². The summed E-state index contributed by atoms with van der Waals surface area (Å²) in [6.45, 7) is 5.19. The second-order valence-corrected chi connectivity index (χ2v) is 4.80. The predicted octanol–water partition coefficient (Wildman–Crippen LogP) is 1.77. The van der Waals surface area contributed by atoms with Gasteiger partial charge in [-0.1, -0.05) is 29.8 Å². The van der Waals surface area contributed by atoms with Crippen molar-refractivity contribution in [1.29, 1.82) is 0 Å². The molecule has 1 heterocycles. The third-order valence-corrected chi connectivity index (χ3v) is 3.06. The van der Waals surface area contributed by atoms with Gasteiger partial charge in [0.1, 0.15) is 0 Å². The third-order valence-electron chi connectivity index (χ3n) is 3.06. The minimum absolute atomic E-state index is 0.932. The molecule has 0 radical (unpaired) electrons. The maximum atomic E-state index is 4.51. The highest BCUT2D eigenvalue weighted by Gasteiger charge is 2.17. The summed E-state index contributed by atoms with van der Waals surface area (Å²) in [6.07, 6.45) is 1.09. The Balaban J connectivity index is 1.93. The number of benzene rings is 1. The van der Waals surface area contributed by atoms with Crippen LogP contribution in [0.25, 0.3) is 0 Å². The Bertz CT molecular complexity index is 410. The molecule has 0 unspecified atom stereocenters. The summed E-state index contributed by atoms with van der Waals surface area (Å²) in [5.74, 6) is 1.12. The summed E-state index contributed by atoms with van der Waals surface area (Å²) in [7, 11) is 4.12. The average molecular weight is 231 g/mol. The Morgan fingerprint density at radius 3 is 2.88 bits per heavy atom. The lowest BCUT2D eigenvalue weighted by atomic mass is 10.1. The van der Waals surface area contributed by atoms with E-state index in [0.29, 0.717) is 0 Å². The summed E-state index contributed by atoms with van der Waals surface area (Å²) in [4.78, 5) is 8.98. The van der Waals surface area contributed by atoms with E-state index in [-0.39, 0.29) is 0 Å². The lowest BCUT2D eigenvalue weighted by Gasteiger charge is -2.24. The van der Waals surface area contributed by atoms with E-state index in [1.807, 2.05) is 0 Å². The van der Waals surface area contributed by atoms with Crippen molar-refractivity contribution in [3.8, 4) is 0 Å². The first-order valence-electron chi connectivity index (χ1n) is 6.19. The molecule has 0 aromatic heterocycles. The van der Waals surface area contributed by atoms with Gasteiger partial charge in [0.15, 0.2) is 5.96 Å². The van der Waals surface area contributed by atoms with Crippen LogP contribution in [0.15, 0.2) is 29.3 Å². The van der Waals surface area contributed by atoms with Gasteiger partial charge in [0.25, 0.3) is 0 Å². The van der Waals surface area contributed by atoms with E-state index in [1.165, 1.54) is 11.1 Å². The molecule has 0 atom stereocenters. The lowest BCUT2D eigenvalue weighted by molar-refractivity contribution is 0.405. The number of hydrogen-bond donors (Lipinski definition) is 0. The Morgan fingerprint density at radius 2 is 2.18 bits per heavy atom. The molecule has 92 valence electrons. The molecule has 2 rings (SSSR count). The molecule has 0 amide bonds. The average Bonchev–Trinajstić information content (AvgIpc) is 2.74. The highest BCUT2D eigenvalue weighted by molar-refractivity contribution is 5.81. The second-order valence-electron chi connectivity index (χ2n) is 4.80. The Morgan fingerprint density at radius 1 is 1.35 bits per heavy atom. The highest BCUT2D eigenvalue weighted by atomic mass is 15.4. The Labute approximate surface area is 104 Å². The normalized spacial score (nSPS) is 15.0. The van der Waals surface area contributed by atoms with Crippen molar-refractivity contribution < 1.29 is 0 Å². The van der Waals surface area contributed by atoms with Crippen molar-refractivity contribution in [2.45, 2.75) is 13.3 Å². The van der Waals surface area contributed by atoms with Crippen LogP contribution in [0.1, 0.15) is 11.1 Å². The van der Waals surface area contributed by atoms with E-state index < -0.39 is 0 Å². The van der Waals surface area contributed by atoms with Crippen molar-refractivity contribution in [3.05, 3.63) is 35.4 Å². The van der Waals surface area contributed by atoms with Gasteiger partial charge in [-0.2, -0.15) is 0 Å². The summed E-state index contributed by atoms with van der Waals surface area (Å²) < 4.78 is 0. The number of nitrogens with zero attached hydrogens (tertiary/aromatic N) is 3. The molecule has 3 heteroatoms. The van der Waals surface area contributed by atoms with E-state index in [9.17, 15) is 0 Å². The molecule has 1 aliphatic heterocycles. The number of rotatable bonds is 3. The first-order valence-corrected chi connectivity index (χ1v) is 6.19. The van der Waals surface area contributed by atoms with Crippen molar-refractivity contribution in [2.24, 2.45) is 4.99 Å². The molecule has 1 aromatic rings. The fourth-order valence-electron chi connectivity index (χ4n) is 2.24. The second kappa shape index (κ2) is 5.21. The van der Waals surface area contributed by atoms with Crippen LogP contribution in [-0.4, -0.2) is 49.5 Å². The predicted molar refractivity (Wildman–Crippen MR) is 72.4 cm³/mol. The fourth-order valence-corrected chi connectivity index (χ4v) is 2.24. The number of hydrogen-bond acceptors (Lipinski definition) is 3. The molecular weight excluding hydrogens is 210 g/mol. The zero-order valence-electron chi connectivity index (χ0n) is 11.0. The Hall–Kier alpha value is -1.51. The van der Waals surface area contributed by atoms with Crippen molar-refractivity contribution in [3.63, 3.8) is 0 Å². The minimum Gasteiger partial charge on any atom is -0.349 e. The lowest BCUT2D eigenvalue weighted by Crippen LogP contribution is -2.38. The standard InChI is InChI=1S/C14H21N3/c1-12-5-4-6-13(11-12)7-9-17-10-8-15-14(17)16(2)3/h4-6,11H,7-10H2,1-3H3. The quantitative estimate of drug-likeness (QED) is 0.789. The molecule has 0 bridgehead atoms. The highest BCUT2D eigenvalue weighted by Crippen LogP contribution is 2.08. The maximum absolute atomic E-state index is 4.51. The van der Waals surface area contributed by atoms with E-state index in [2.05, 4.69) is 60.1 Å². The summed E-state index contributed by atoms with van der Waals surface area (Å²) in [5, 5.41) is 0. The van der Waals surface area contributed by atoms with Crippen molar-refractivity contribution in [2.75, 3.05) is 33.7 Å². The van der Waals surface area contributed by atoms with Gasteiger partial charge < -0.3 is 9.80 Å². The number of aliphatic imine (C=N–C) groups is 1. The Kier molecular flexibility index (Phi) is 3.67. The van der Waals surface area contributed by atoms with Crippen LogP contribution in [0.3, 0.4) is 0 Å². The van der Waals surface area contributed by atoms with Crippen LogP contribution in [0.4, 0.5) is 0 Å². The molecule has 0 aliphatic carbocycles. The van der Waals surface area contributed by atoms with Crippen LogP contribution in [0.5, 0.6) is 0 Å². The first-order chi connectivity index (χ1) is 8.16. The first kappa shape index (κ1) is 12.0. The minimum atomic E-state index is 0.932. The zero-order valence-corrected chi connectivity index (χ0v) is 11.0. The van der Waals surface area contributed by atoms with Gasteiger partial charge in [0.05, 0.1) is 6.54 Å². The summed E-state index contributed by atoms with van der Waals surface area (Å²) in [6, 6.07) is 8.75. The van der Waals surface area contributed by atoms with Gasteiger partial charge in [-0.25, -0.2) is 0 Å². The smallest absolute Gasteiger partial charge is 0.196 e. The van der Waals surface area contributed by atoms with E-state index in [1.54, 1.807) is 0 Å². The van der Waals surface area contributed by atoms with Crippen molar-refractivity contribution >= 4 is 5.96 Å². The number of guanidine groups is 1. The molecule has 0 saturated heterocycles. The molecule has 0 fully saturated rings. The fraction of sp³-hybridized carbons (Fsp3) is 0.500. The van der Waals surface area contributed by atoms with Gasteiger partial charge >= 0.3 is 0 Å². The molecule has 3 nitrogen and oxygen atoms in total. The molecular formula is C14H21N3. The van der Waals surface area contributed by atoms with E-state index in [4.69, 9.17) is 0 Å². The van der Waals surface area contributed by atoms with E-state index >= 15 is 0 Å². The van der Waals surface area contributed by atoms with Gasteiger partial charge in [-0.05, 0) is 18.9 Å². The summed E-state index contributed by atoms with van der Waals surface area (Å²) >= 11 is 0. The van der Waals surface area contributed by atoms with Crippen LogP contribution in [-0.2, 0) is 6.42 Å². The largest absolute Gasteiger partial charge is 0.349 e. The monoisotopic (exact) mass is 231 g/mol. The van der Waals surface area contributed by atoms with Crippen LogP contribution in [0.2, 0.25) is 0 Å². The molecule has 17 heavy (non-hydrogen) atoms. The van der Waals surface area contributed by atoms with Gasteiger partial charge in [-0.3, -0.25) is 4.99 Å². The van der Waals surface area contributed by atoms with Gasteiger partial charge in [-0.15, -0.1) is 0 Å². The van der Waals surface area contributed by atoms with Gasteiger partial charge in [0, 0.05) is 27.2 Å². The van der Waals surface area contributed by atoms with Gasteiger partial charge in [0.2, 0.25) is 0 Å². The van der Waals surface area contributed by atoms with E-state index in [0.717, 1.165) is 32.0 Å². The number of aryl methyl sites for hydroxylation is 1. The molecule has 0 saturated carbocycles. The van der Waals surface area contributed by atoms with Crippen molar-refractivity contribution in [1.82, 2.24) is 9.80 Å².